The first-order chi connectivity index (χ1) is 10.9. The summed E-state index contributed by atoms with van der Waals surface area (Å²) in [7, 11) is 1.50. The first-order valence-electron chi connectivity index (χ1n) is 7.74. The zero-order valence-corrected chi connectivity index (χ0v) is 14.1. The molecule has 126 valence electrons. The van der Waals surface area contributed by atoms with E-state index in [2.05, 4.69) is 5.32 Å². The van der Waals surface area contributed by atoms with E-state index in [1.54, 1.807) is 24.3 Å². The standard InChI is InChI=1S/C17H22ClNO4/c1-11-7-5-6-10-17(11,16(21)22)19-15(20)14(18)12-8-3-4-9-13(12)23-2/h3-4,8-9,11,14H,5-7,10H2,1-2H3,(H,19,20)(H,21,22). The number of carbonyl (C=O) groups is 2. The van der Waals surface area contributed by atoms with Crippen molar-refractivity contribution in [3.63, 3.8) is 0 Å². The molecule has 0 saturated heterocycles. The predicted octanol–water partition coefficient (Wildman–Crippen LogP) is 3.12. The van der Waals surface area contributed by atoms with Gasteiger partial charge in [-0.2, -0.15) is 0 Å². The lowest BCUT2D eigenvalue weighted by molar-refractivity contribution is -0.152. The monoisotopic (exact) mass is 339 g/mol. The third-order valence-corrected chi connectivity index (χ3v) is 5.10. The molecule has 1 aromatic rings. The van der Waals surface area contributed by atoms with Crippen LogP contribution in [0.15, 0.2) is 24.3 Å². The molecule has 6 heteroatoms. The van der Waals surface area contributed by atoms with Crippen LogP contribution in [-0.4, -0.2) is 29.6 Å². The highest BCUT2D eigenvalue weighted by atomic mass is 35.5. The van der Waals surface area contributed by atoms with Gasteiger partial charge < -0.3 is 15.2 Å². The molecule has 1 aliphatic carbocycles. The van der Waals surface area contributed by atoms with E-state index in [0.717, 1.165) is 19.3 Å². The van der Waals surface area contributed by atoms with Crippen molar-refractivity contribution >= 4 is 23.5 Å². The molecule has 0 heterocycles. The number of ether oxygens (including phenoxy) is 1. The third kappa shape index (κ3) is 3.44. The van der Waals surface area contributed by atoms with Crippen molar-refractivity contribution < 1.29 is 19.4 Å². The smallest absolute Gasteiger partial charge is 0.329 e. The Morgan fingerprint density at radius 2 is 2.09 bits per heavy atom. The summed E-state index contributed by atoms with van der Waals surface area (Å²) in [5, 5.41) is 11.4. The van der Waals surface area contributed by atoms with Crippen molar-refractivity contribution in [3.8, 4) is 5.75 Å². The van der Waals surface area contributed by atoms with Gasteiger partial charge in [0, 0.05) is 5.56 Å². The van der Waals surface area contributed by atoms with Crippen LogP contribution < -0.4 is 10.1 Å². The van der Waals surface area contributed by atoms with Crippen LogP contribution in [0.1, 0.15) is 43.5 Å². The van der Waals surface area contributed by atoms with Crippen molar-refractivity contribution in [2.75, 3.05) is 7.11 Å². The van der Waals surface area contributed by atoms with Gasteiger partial charge in [-0.1, -0.05) is 38.0 Å². The summed E-state index contributed by atoms with van der Waals surface area (Å²) in [5.41, 5.74) is -0.719. The number of halogens is 1. The molecular formula is C17H22ClNO4. The van der Waals surface area contributed by atoms with Gasteiger partial charge >= 0.3 is 5.97 Å². The average Bonchev–Trinajstić information content (AvgIpc) is 2.55. The van der Waals surface area contributed by atoms with Crippen molar-refractivity contribution in [3.05, 3.63) is 29.8 Å². The lowest BCUT2D eigenvalue weighted by Crippen LogP contribution is -2.60. The molecule has 0 radical (unpaired) electrons. The quantitative estimate of drug-likeness (QED) is 0.808. The van der Waals surface area contributed by atoms with Gasteiger partial charge in [-0.15, -0.1) is 11.6 Å². The van der Waals surface area contributed by atoms with Gasteiger partial charge in [-0.3, -0.25) is 4.79 Å². The molecule has 3 atom stereocenters. The van der Waals surface area contributed by atoms with Gasteiger partial charge in [-0.05, 0) is 24.8 Å². The molecule has 0 spiro atoms. The molecule has 1 aromatic carbocycles. The van der Waals surface area contributed by atoms with Gasteiger partial charge in [0.15, 0.2) is 0 Å². The maximum atomic E-state index is 12.6. The molecule has 5 nitrogen and oxygen atoms in total. The molecule has 23 heavy (non-hydrogen) atoms. The van der Waals surface area contributed by atoms with Gasteiger partial charge in [0.1, 0.15) is 16.7 Å². The highest BCUT2D eigenvalue weighted by molar-refractivity contribution is 6.31. The van der Waals surface area contributed by atoms with Crippen molar-refractivity contribution in [1.29, 1.82) is 0 Å². The number of methoxy groups -OCH3 is 1. The fourth-order valence-corrected chi connectivity index (χ4v) is 3.44. The number of nitrogens with one attached hydrogen (secondary N) is 1. The van der Waals surface area contributed by atoms with E-state index in [4.69, 9.17) is 16.3 Å². The Morgan fingerprint density at radius 3 is 2.70 bits per heavy atom. The van der Waals surface area contributed by atoms with Crippen LogP contribution in [0.25, 0.3) is 0 Å². The van der Waals surface area contributed by atoms with E-state index in [0.29, 0.717) is 17.7 Å². The van der Waals surface area contributed by atoms with Crippen molar-refractivity contribution in [2.45, 2.75) is 43.5 Å². The summed E-state index contributed by atoms with van der Waals surface area (Å²) in [5.74, 6) is -1.14. The zero-order chi connectivity index (χ0) is 17.0. The number of para-hydroxylation sites is 1. The molecule has 1 fully saturated rings. The second kappa shape index (κ2) is 7.21. The number of aliphatic carboxylic acids is 1. The molecule has 0 aromatic heterocycles. The molecule has 2 N–H and O–H groups in total. The molecule has 3 unspecified atom stereocenters. The second-order valence-corrected chi connectivity index (χ2v) is 6.45. The van der Waals surface area contributed by atoms with E-state index in [1.165, 1.54) is 7.11 Å². The second-order valence-electron chi connectivity index (χ2n) is 6.02. The van der Waals surface area contributed by atoms with Gasteiger partial charge in [-0.25, -0.2) is 4.79 Å². The minimum atomic E-state index is -1.25. The Bertz CT molecular complexity index is 592. The Morgan fingerprint density at radius 1 is 1.39 bits per heavy atom. The lowest BCUT2D eigenvalue weighted by atomic mass is 9.73. The summed E-state index contributed by atoms with van der Waals surface area (Å²) < 4.78 is 5.22. The van der Waals surface area contributed by atoms with E-state index in [1.807, 2.05) is 6.92 Å². The minimum Gasteiger partial charge on any atom is -0.496 e. The molecule has 1 aliphatic rings. The Hall–Kier alpha value is -1.75. The summed E-state index contributed by atoms with van der Waals surface area (Å²) in [6.07, 6.45) is 2.94. The Kier molecular flexibility index (Phi) is 5.52. The SMILES string of the molecule is COc1ccccc1C(Cl)C(=O)NC1(C(=O)O)CCCCC1C. The molecule has 2 rings (SSSR count). The van der Waals surface area contributed by atoms with E-state index in [-0.39, 0.29) is 5.92 Å². The van der Waals surface area contributed by atoms with Crippen LogP contribution in [0.4, 0.5) is 0 Å². The van der Waals surface area contributed by atoms with Crippen LogP contribution >= 0.6 is 11.6 Å². The predicted molar refractivity (Wildman–Crippen MR) is 87.7 cm³/mol. The van der Waals surface area contributed by atoms with Crippen LogP contribution in [0, 0.1) is 5.92 Å². The van der Waals surface area contributed by atoms with Gasteiger partial charge in [0.05, 0.1) is 7.11 Å². The topological polar surface area (TPSA) is 75.6 Å². The van der Waals surface area contributed by atoms with Crippen LogP contribution in [0.3, 0.4) is 0 Å². The number of carboxylic acid groups (broad SMARTS) is 1. The largest absolute Gasteiger partial charge is 0.496 e. The van der Waals surface area contributed by atoms with Gasteiger partial charge in [0.2, 0.25) is 5.91 Å². The van der Waals surface area contributed by atoms with Crippen LogP contribution in [0.5, 0.6) is 5.75 Å². The summed E-state index contributed by atoms with van der Waals surface area (Å²) in [6.45, 7) is 1.86. The summed E-state index contributed by atoms with van der Waals surface area (Å²) in [4.78, 5) is 24.4. The normalized spacial score (nSPS) is 25.4. The fourth-order valence-electron chi connectivity index (χ4n) is 3.20. The Labute approximate surface area is 141 Å². The number of carbonyl (C=O) groups excluding carboxylic acids is 1. The van der Waals surface area contributed by atoms with Crippen molar-refractivity contribution in [2.24, 2.45) is 5.92 Å². The lowest BCUT2D eigenvalue weighted by Gasteiger charge is -2.40. The first-order valence-corrected chi connectivity index (χ1v) is 8.18. The minimum absolute atomic E-state index is 0.140. The third-order valence-electron chi connectivity index (χ3n) is 4.67. The van der Waals surface area contributed by atoms with Crippen LogP contribution in [0.2, 0.25) is 0 Å². The number of carboxylic acids is 1. The molecule has 1 saturated carbocycles. The Balaban J connectivity index is 2.23. The highest BCUT2D eigenvalue weighted by Crippen LogP contribution is 2.36. The number of rotatable bonds is 5. The van der Waals surface area contributed by atoms with Gasteiger partial charge in [0.25, 0.3) is 0 Å². The number of amides is 1. The average molecular weight is 340 g/mol. The molecule has 0 bridgehead atoms. The van der Waals surface area contributed by atoms with E-state index < -0.39 is 22.8 Å². The maximum Gasteiger partial charge on any atom is 0.329 e. The molecular weight excluding hydrogens is 318 g/mol. The summed E-state index contributed by atoms with van der Waals surface area (Å²) >= 11 is 6.29. The van der Waals surface area contributed by atoms with E-state index in [9.17, 15) is 14.7 Å². The number of benzene rings is 1. The maximum absolute atomic E-state index is 12.6. The summed E-state index contributed by atoms with van der Waals surface area (Å²) in [6, 6.07) is 6.96. The van der Waals surface area contributed by atoms with E-state index >= 15 is 0 Å². The number of hydrogen-bond acceptors (Lipinski definition) is 3. The van der Waals surface area contributed by atoms with Crippen molar-refractivity contribution in [1.82, 2.24) is 5.32 Å². The molecule has 1 amide bonds. The number of hydrogen-bond donors (Lipinski definition) is 2. The number of alkyl halides is 1. The molecule has 0 aliphatic heterocycles. The fraction of sp³-hybridized carbons (Fsp3) is 0.529. The van der Waals surface area contributed by atoms with Crippen LogP contribution in [-0.2, 0) is 9.59 Å². The first kappa shape index (κ1) is 17.6. The highest BCUT2D eigenvalue weighted by Gasteiger charge is 2.47. The zero-order valence-electron chi connectivity index (χ0n) is 13.3.